The summed E-state index contributed by atoms with van der Waals surface area (Å²) >= 11 is -2.38. The van der Waals surface area contributed by atoms with Crippen LogP contribution >= 0.6 is 0 Å². The summed E-state index contributed by atoms with van der Waals surface area (Å²) < 4.78 is 46.4. The summed E-state index contributed by atoms with van der Waals surface area (Å²) in [4.78, 5) is 6.96. The Morgan fingerprint density at radius 2 is 2.07 bits per heavy atom. The standard InChI is InChI=1S/C6H8N2O5S2/c1-13-4-3-5(14(9)10)8-6(7-4)15(2,11)12/h3H,1-2H3,(H,9,10). The largest absolute Gasteiger partial charge is 0.481 e. The average Bonchev–Trinajstić information content (AvgIpc) is 2.15. The molecule has 1 atom stereocenters. The van der Waals surface area contributed by atoms with E-state index in [9.17, 15) is 12.6 Å². The average molecular weight is 252 g/mol. The van der Waals surface area contributed by atoms with Crippen LogP contribution in [0.3, 0.4) is 0 Å². The molecule has 0 aliphatic heterocycles. The van der Waals surface area contributed by atoms with Crippen LogP contribution in [0.25, 0.3) is 0 Å². The van der Waals surface area contributed by atoms with E-state index >= 15 is 0 Å². The summed E-state index contributed by atoms with van der Waals surface area (Å²) in [7, 11) is -2.38. The highest BCUT2D eigenvalue weighted by atomic mass is 32.2. The van der Waals surface area contributed by atoms with Crippen molar-refractivity contribution in [3.05, 3.63) is 6.07 Å². The van der Waals surface area contributed by atoms with Crippen LogP contribution in [0, 0.1) is 0 Å². The predicted octanol–water partition coefficient (Wildman–Crippen LogP) is -0.531. The van der Waals surface area contributed by atoms with E-state index in [4.69, 9.17) is 4.55 Å². The van der Waals surface area contributed by atoms with Gasteiger partial charge in [0.1, 0.15) is 0 Å². The Labute approximate surface area is 88.7 Å². The molecular weight excluding hydrogens is 244 g/mol. The molecule has 1 unspecified atom stereocenters. The molecule has 0 aliphatic rings. The maximum Gasteiger partial charge on any atom is 0.251 e. The van der Waals surface area contributed by atoms with Crippen molar-refractivity contribution in [2.45, 2.75) is 10.2 Å². The van der Waals surface area contributed by atoms with Gasteiger partial charge in [-0.2, -0.15) is 4.98 Å². The fraction of sp³-hybridized carbons (Fsp3) is 0.333. The molecule has 7 nitrogen and oxygen atoms in total. The number of methoxy groups -OCH3 is 1. The number of aromatic nitrogens is 2. The van der Waals surface area contributed by atoms with Gasteiger partial charge in [0, 0.05) is 12.3 Å². The second-order valence-corrected chi connectivity index (χ2v) is 5.38. The van der Waals surface area contributed by atoms with Crippen LogP contribution in [0.4, 0.5) is 0 Å². The Morgan fingerprint density at radius 3 is 2.47 bits per heavy atom. The molecule has 1 aromatic rings. The Morgan fingerprint density at radius 1 is 1.47 bits per heavy atom. The van der Waals surface area contributed by atoms with Crippen LogP contribution in [-0.4, -0.2) is 40.5 Å². The lowest BCUT2D eigenvalue weighted by molar-refractivity contribution is 0.388. The summed E-state index contributed by atoms with van der Waals surface area (Å²) in [5.41, 5.74) is 0. The molecule has 0 spiro atoms. The first-order chi connectivity index (χ1) is 6.84. The van der Waals surface area contributed by atoms with E-state index in [1.165, 1.54) is 7.11 Å². The Bertz CT molecular complexity index is 498. The van der Waals surface area contributed by atoms with Crippen molar-refractivity contribution in [2.24, 2.45) is 0 Å². The van der Waals surface area contributed by atoms with Crippen molar-refractivity contribution >= 4 is 20.9 Å². The second kappa shape index (κ2) is 4.21. The van der Waals surface area contributed by atoms with Crippen LogP contribution in [0.15, 0.2) is 16.2 Å². The maximum atomic E-state index is 11.1. The number of sulfone groups is 1. The van der Waals surface area contributed by atoms with Crippen molar-refractivity contribution in [1.82, 2.24) is 9.97 Å². The molecule has 15 heavy (non-hydrogen) atoms. The molecule has 0 aromatic carbocycles. The van der Waals surface area contributed by atoms with Gasteiger partial charge in [-0.15, -0.1) is 0 Å². The van der Waals surface area contributed by atoms with Crippen LogP contribution in [0.1, 0.15) is 0 Å². The summed E-state index contributed by atoms with van der Waals surface area (Å²) in [6.07, 6.45) is 0.895. The van der Waals surface area contributed by atoms with E-state index < -0.39 is 26.1 Å². The first-order valence-electron chi connectivity index (χ1n) is 3.58. The zero-order valence-electron chi connectivity index (χ0n) is 7.87. The number of hydrogen-bond donors (Lipinski definition) is 1. The minimum absolute atomic E-state index is 0.0807. The molecule has 1 heterocycles. The third-order valence-electron chi connectivity index (χ3n) is 1.38. The summed E-state index contributed by atoms with van der Waals surface area (Å²) in [6.45, 7) is 0. The minimum atomic E-state index is -3.64. The quantitative estimate of drug-likeness (QED) is 0.437. The molecule has 0 aliphatic carbocycles. The molecule has 84 valence electrons. The lowest BCUT2D eigenvalue weighted by Crippen LogP contribution is -2.08. The Hall–Kier alpha value is -1.06. The first-order valence-corrected chi connectivity index (χ1v) is 6.58. The molecular formula is C6H8N2O5S2. The molecule has 1 rings (SSSR count). The van der Waals surface area contributed by atoms with Gasteiger partial charge in [-0.25, -0.2) is 17.6 Å². The highest BCUT2D eigenvalue weighted by molar-refractivity contribution is 7.90. The minimum Gasteiger partial charge on any atom is -0.481 e. The van der Waals surface area contributed by atoms with Crippen LogP contribution in [0.5, 0.6) is 5.88 Å². The highest BCUT2D eigenvalue weighted by Gasteiger charge is 2.16. The molecule has 0 amide bonds. The first kappa shape index (κ1) is 12.0. The monoisotopic (exact) mass is 252 g/mol. The van der Waals surface area contributed by atoms with Gasteiger partial charge in [0.2, 0.25) is 26.8 Å². The molecule has 0 bridgehead atoms. The van der Waals surface area contributed by atoms with E-state index in [1.807, 2.05) is 0 Å². The second-order valence-electron chi connectivity index (χ2n) is 2.55. The number of hydrogen-bond acceptors (Lipinski definition) is 6. The third-order valence-corrected chi connectivity index (χ3v) is 2.79. The maximum absolute atomic E-state index is 11.1. The molecule has 1 N–H and O–H groups in total. The van der Waals surface area contributed by atoms with Crippen LogP contribution in [-0.2, 0) is 20.9 Å². The fourth-order valence-corrected chi connectivity index (χ4v) is 1.69. The van der Waals surface area contributed by atoms with Crippen molar-refractivity contribution in [3.8, 4) is 5.88 Å². The number of rotatable bonds is 3. The van der Waals surface area contributed by atoms with Gasteiger partial charge >= 0.3 is 0 Å². The molecule has 1 aromatic heterocycles. The lowest BCUT2D eigenvalue weighted by Gasteiger charge is -2.02. The topological polar surface area (TPSA) is 106 Å². The molecule has 0 radical (unpaired) electrons. The molecule has 9 heteroatoms. The van der Waals surface area contributed by atoms with Gasteiger partial charge in [-0.3, -0.25) is 0 Å². The van der Waals surface area contributed by atoms with Gasteiger partial charge in [0.05, 0.1) is 7.11 Å². The fourth-order valence-electron chi connectivity index (χ4n) is 0.744. The Kier molecular flexibility index (Phi) is 3.37. The lowest BCUT2D eigenvalue weighted by atomic mass is 10.6. The zero-order valence-corrected chi connectivity index (χ0v) is 9.50. The van der Waals surface area contributed by atoms with Gasteiger partial charge < -0.3 is 9.29 Å². The molecule has 0 fully saturated rings. The summed E-state index contributed by atoms with van der Waals surface area (Å²) in [5, 5.41) is -0.860. The van der Waals surface area contributed by atoms with Gasteiger partial charge in [0.15, 0.2) is 5.03 Å². The zero-order chi connectivity index (χ0) is 11.6. The number of nitrogens with zero attached hydrogens (tertiary/aromatic N) is 2. The van der Waals surface area contributed by atoms with Crippen molar-refractivity contribution in [1.29, 1.82) is 0 Å². The Balaban J connectivity index is 3.43. The normalized spacial score (nSPS) is 13.5. The summed E-state index contributed by atoms with van der Waals surface area (Å²) in [6, 6.07) is 1.09. The van der Waals surface area contributed by atoms with E-state index in [0.29, 0.717) is 0 Å². The predicted molar refractivity (Wildman–Crippen MR) is 50.7 cm³/mol. The van der Waals surface area contributed by atoms with Crippen LogP contribution in [0.2, 0.25) is 0 Å². The van der Waals surface area contributed by atoms with Gasteiger partial charge in [0.25, 0.3) is 5.16 Å². The van der Waals surface area contributed by atoms with Crippen molar-refractivity contribution < 1.29 is 21.9 Å². The van der Waals surface area contributed by atoms with Crippen molar-refractivity contribution in [3.63, 3.8) is 0 Å². The van der Waals surface area contributed by atoms with E-state index in [-0.39, 0.29) is 10.9 Å². The van der Waals surface area contributed by atoms with E-state index in [2.05, 4.69) is 14.7 Å². The smallest absolute Gasteiger partial charge is 0.251 e. The molecule has 0 saturated heterocycles. The third kappa shape index (κ3) is 2.94. The van der Waals surface area contributed by atoms with Crippen LogP contribution < -0.4 is 4.74 Å². The van der Waals surface area contributed by atoms with Crippen molar-refractivity contribution in [2.75, 3.05) is 13.4 Å². The van der Waals surface area contributed by atoms with E-state index in [1.54, 1.807) is 0 Å². The van der Waals surface area contributed by atoms with E-state index in [0.717, 1.165) is 12.3 Å². The van der Waals surface area contributed by atoms with Gasteiger partial charge in [-0.1, -0.05) is 0 Å². The summed E-state index contributed by atoms with van der Waals surface area (Å²) in [5.74, 6) is -0.0807. The highest BCUT2D eigenvalue weighted by Crippen LogP contribution is 2.14. The molecule has 0 saturated carbocycles. The SMILES string of the molecule is COc1cc(S(=O)O)nc(S(C)(=O)=O)n1. The number of ether oxygens (including phenoxy) is 1. The van der Waals surface area contributed by atoms with Gasteiger partial charge in [-0.05, 0) is 0 Å².